The maximum absolute atomic E-state index is 14.3. The molecule has 1 aliphatic carbocycles. The van der Waals surface area contributed by atoms with E-state index >= 15 is 0 Å². The van der Waals surface area contributed by atoms with Crippen molar-refractivity contribution in [3.05, 3.63) is 70.5 Å². The summed E-state index contributed by atoms with van der Waals surface area (Å²) >= 11 is 0. The molecule has 0 fully saturated rings. The summed E-state index contributed by atoms with van der Waals surface area (Å²) in [6.07, 6.45) is -1.34. The Hall–Kier alpha value is -2.30. The number of ether oxygens (including phenoxy) is 1. The SMILES string of the molecule is CCc1ccc(C2=CCc3c(ccc(OC(F)(F)F)c3F)C2)cc1. The lowest BCUT2D eigenvalue weighted by molar-refractivity contribution is -0.275. The molecule has 0 heterocycles. The standard InChI is InChI=1S/C19H16F4O/c1-2-12-3-5-13(6-4-12)14-7-9-16-15(11-14)8-10-17(18(16)20)24-19(21,22)23/h3-8,10H,2,9,11H2,1H3. The maximum Gasteiger partial charge on any atom is 0.573 e. The van der Waals surface area contributed by atoms with Gasteiger partial charge in [0, 0.05) is 0 Å². The molecule has 0 bridgehead atoms. The van der Waals surface area contributed by atoms with Crippen LogP contribution in [-0.2, 0) is 19.3 Å². The van der Waals surface area contributed by atoms with Gasteiger partial charge in [-0.3, -0.25) is 0 Å². The molecule has 0 N–H and O–H groups in total. The molecule has 1 aliphatic rings. The van der Waals surface area contributed by atoms with Crippen molar-refractivity contribution >= 4 is 5.57 Å². The first-order valence-electron chi connectivity index (χ1n) is 7.71. The first-order chi connectivity index (χ1) is 11.4. The zero-order valence-electron chi connectivity index (χ0n) is 13.1. The molecule has 0 saturated carbocycles. The molecule has 0 aliphatic heterocycles. The summed E-state index contributed by atoms with van der Waals surface area (Å²) in [5.74, 6) is -1.70. The van der Waals surface area contributed by atoms with Gasteiger partial charge in [0.15, 0.2) is 11.6 Å². The summed E-state index contributed by atoms with van der Waals surface area (Å²) in [6.45, 7) is 2.08. The van der Waals surface area contributed by atoms with Crippen LogP contribution in [0.2, 0.25) is 0 Å². The van der Waals surface area contributed by atoms with Crippen molar-refractivity contribution in [2.75, 3.05) is 0 Å². The zero-order chi connectivity index (χ0) is 17.3. The van der Waals surface area contributed by atoms with Crippen molar-refractivity contribution in [2.24, 2.45) is 0 Å². The third-order valence-electron chi connectivity index (χ3n) is 4.20. The third kappa shape index (κ3) is 3.45. The Morgan fingerprint density at radius 3 is 2.38 bits per heavy atom. The van der Waals surface area contributed by atoms with Gasteiger partial charge in [0.1, 0.15) is 0 Å². The number of hydrogen-bond acceptors (Lipinski definition) is 1. The molecule has 2 aromatic rings. The molecule has 0 amide bonds. The highest BCUT2D eigenvalue weighted by molar-refractivity contribution is 5.71. The summed E-state index contributed by atoms with van der Waals surface area (Å²) in [5, 5.41) is 0. The van der Waals surface area contributed by atoms with Crippen LogP contribution in [0.25, 0.3) is 5.57 Å². The first kappa shape index (κ1) is 16.6. The van der Waals surface area contributed by atoms with E-state index in [0.29, 0.717) is 12.0 Å². The van der Waals surface area contributed by atoms with Gasteiger partial charge in [0.2, 0.25) is 0 Å². The average Bonchev–Trinajstić information content (AvgIpc) is 2.56. The number of aryl methyl sites for hydroxylation is 1. The van der Waals surface area contributed by atoms with E-state index in [0.717, 1.165) is 23.6 Å². The number of alkyl halides is 3. The molecule has 0 spiro atoms. The molecule has 3 rings (SSSR count). The summed E-state index contributed by atoms with van der Waals surface area (Å²) in [7, 11) is 0. The Kier molecular flexibility index (Phi) is 4.35. The molecular formula is C19H16F4O. The molecule has 0 unspecified atom stereocenters. The molecule has 5 heteroatoms. The fourth-order valence-electron chi connectivity index (χ4n) is 2.91. The van der Waals surface area contributed by atoms with Crippen molar-refractivity contribution in [3.8, 4) is 5.75 Å². The average molecular weight is 336 g/mol. The van der Waals surface area contributed by atoms with Crippen LogP contribution in [-0.4, -0.2) is 6.36 Å². The summed E-state index contributed by atoms with van der Waals surface area (Å²) in [4.78, 5) is 0. The molecular weight excluding hydrogens is 320 g/mol. The molecule has 0 atom stereocenters. The predicted octanol–water partition coefficient (Wildman–Crippen LogP) is 5.47. The number of halogens is 4. The minimum atomic E-state index is -4.90. The quantitative estimate of drug-likeness (QED) is 0.676. The Bertz CT molecular complexity index is 773. The van der Waals surface area contributed by atoms with Gasteiger partial charge >= 0.3 is 6.36 Å². The fourth-order valence-corrected chi connectivity index (χ4v) is 2.91. The van der Waals surface area contributed by atoms with Crippen LogP contribution in [0.3, 0.4) is 0 Å². The second-order valence-corrected chi connectivity index (χ2v) is 5.72. The highest BCUT2D eigenvalue weighted by atomic mass is 19.4. The van der Waals surface area contributed by atoms with Crippen molar-refractivity contribution in [1.29, 1.82) is 0 Å². The van der Waals surface area contributed by atoms with Gasteiger partial charge in [-0.25, -0.2) is 4.39 Å². The van der Waals surface area contributed by atoms with Crippen LogP contribution in [0, 0.1) is 5.82 Å². The number of benzene rings is 2. The predicted molar refractivity (Wildman–Crippen MR) is 84.3 cm³/mol. The van der Waals surface area contributed by atoms with Gasteiger partial charge in [0.05, 0.1) is 0 Å². The van der Waals surface area contributed by atoms with Crippen LogP contribution in [0.5, 0.6) is 5.75 Å². The molecule has 2 aromatic carbocycles. The highest BCUT2D eigenvalue weighted by Crippen LogP contribution is 2.34. The van der Waals surface area contributed by atoms with E-state index in [1.54, 1.807) is 0 Å². The fraction of sp³-hybridized carbons (Fsp3) is 0.263. The number of hydrogen-bond donors (Lipinski definition) is 0. The van der Waals surface area contributed by atoms with E-state index in [2.05, 4.69) is 11.7 Å². The van der Waals surface area contributed by atoms with Crippen LogP contribution in [0.15, 0.2) is 42.5 Å². The summed E-state index contributed by atoms with van der Waals surface area (Å²) < 4.78 is 54.9. The van der Waals surface area contributed by atoms with Crippen molar-refractivity contribution in [3.63, 3.8) is 0 Å². The number of rotatable bonds is 3. The van der Waals surface area contributed by atoms with Gasteiger partial charge < -0.3 is 4.74 Å². The molecule has 1 nitrogen and oxygen atoms in total. The Labute approximate surface area is 137 Å². The van der Waals surface area contributed by atoms with Gasteiger partial charge in [0.25, 0.3) is 0 Å². The lowest BCUT2D eigenvalue weighted by Gasteiger charge is -2.20. The second kappa shape index (κ2) is 6.30. The van der Waals surface area contributed by atoms with Crippen LogP contribution < -0.4 is 4.74 Å². The Morgan fingerprint density at radius 2 is 1.75 bits per heavy atom. The summed E-state index contributed by atoms with van der Waals surface area (Å²) in [5.41, 5.74) is 4.29. The lowest BCUT2D eigenvalue weighted by Crippen LogP contribution is -2.19. The van der Waals surface area contributed by atoms with Crippen LogP contribution >= 0.6 is 0 Å². The monoisotopic (exact) mass is 336 g/mol. The molecule has 0 aromatic heterocycles. The second-order valence-electron chi connectivity index (χ2n) is 5.72. The molecule has 0 radical (unpaired) electrons. The lowest BCUT2D eigenvalue weighted by atomic mass is 9.87. The van der Waals surface area contributed by atoms with E-state index in [4.69, 9.17) is 0 Å². The van der Waals surface area contributed by atoms with E-state index in [-0.39, 0.29) is 12.0 Å². The van der Waals surface area contributed by atoms with Gasteiger partial charge in [-0.2, -0.15) is 0 Å². The Morgan fingerprint density at radius 1 is 1.04 bits per heavy atom. The summed E-state index contributed by atoms with van der Waals surface area (Å²) in [6, 6.07) is 10.7. The minimum absolute atomic E-state index is 0.251. The number of fused-ring (bicyclic) bond motifs is 1. The van der Waals surface area contributed by atoms with Gasteiger partial charge in [-0.15, -0.1) is 13.2 Å². The largest absolute Gasteiger partial charge is 0.573 e. The highest BCUT2D eigenvalue weighted by Gasteiger charge is 2.33. The molecule has 0 saturated heterocycles. The van der Waals surface area contributed by atoms with Crippen LogP contribution in [0.4, 0.5) is 17.6 Å². The normalized spacial score (nSPS) is 14.1. The van der Waals surface area contributed by atoms with E-state index < -0.39 is 17.9 Å². The van der Waals surface area contributed by atoms with Crippen molar-refractivity contribution in [1.82, 2.24) is 0 Å². The number of allylic oxidation sites excluding steroid dienone is 2. The molecule has 24 heavy (non-hydrogen) atoms. The van der Waals surface area contributed by atoms with Crippen LogP contribution in [0.1, 0.15) is 29.2 Å². The topological polar surface area (TPSA) is 9.23 Å². The van der Waals surface area contributed by atoms with Crippen molar-refractivity contribution < 1.29 is 22.3 Å². The van der Waals surface area contributed by atoms with E-state index in [1.165, 1.54) is 11.6 Å². The van der Waals surface area contributed by atoms with Crippen molar-refractivity contribution in [2.45, 2.75) is 32.5 Å². The maximum atomic E-state index is 14.3. The zero-order valence-corrected chi connectivity index (χ0v) is 13.1. The van der Waals surface area contributed by atoms with E-state index in [1.807, 2.05) is 30.3 Å². The van der Waals surface area contributed by atoms with Gasteiger partial charge in [-0.05, 0) is 53.2 Å². The first-order valence-corrected chi connectivity index (χ1v) is 7.71. The van der Waals surface area contributed by atoms with Gasteiger partial charge in [-0.1, -0.05) is 43.3 Å². The van der Waals surface area contributed by atoms with E-state index in [9.17, 15) is 17.6 Å². The smallest absolute Gasteiger partial charge is 0.403 e. The third-order valence-corrected chi connectivity index (χ3v) is 4.20. The minimum Gasteiger partial charge on any atom is -0.403 e. The molecule has 126 valence electrons. The Balaban J connectivity index is 1.86.